The van der Waals surface area contributed by atoms with Crippen molar-refractivity contribution in [1.29, 1.82) is 0 Å². The van der Waals surface area contributed by atoms with Crippen LogP contribution in [0.25, 0.3) is 93.1 Å². The lowest BCUT2D eigenvalue weighted by molar-refractivity contribution is 0.660. The van der Waals surface area contributed by atoms with Gasteiger partial charge in [0.1, 0.15) is 5.65 Å². The fourth-order valence-corrected chi connectivity index (χ4v) is 9.36. The van der Waals surface area contributed by atoms with Gasteiger partial charge in [0.15, 0.2) is 17.5 Å². The SMILES string of the molecule is CC1(C)c2cc(-c3nc(-c4ccccc4)nc(-c4ccc5sc6ccccc6c5c4)n3)ccc2-c2ccc(-n3c4ccccc4c4cccnc43)cc21. The first kappa shape index (κ1) is 30.2. The number of fused-ring (bicyclic) bond motifs is 9. The first-order chi connectivity index (χ1) is 26.0. The van der Waals surface area contributed by atoms with Gasteiger partial charge in [-0.25, -0.2) is 19.9 Å². The van der Waals surface area contributed by atoms with E-state index in [4.69, 9.17) is 19.9 Å². The van der Waals surface area contributed by atoms with Gasteiger partial charge in [0.25, 0.3) is 0 Å². The molecule has 6 aromatic carbocycles. The van der Waals surface area contributed by atoms with Crippen LogP contribution in [0.15, 0.2) is 152 Å². The maximum atomic E-state index is 5.17. The molecule has 1 aliphatic carbocycles. The average Bonchev–Trinajstić information content (AvgIpc) is 3.83. The standard InChI is InChI=1S/C47H31N5S/c1-47(2)38-26-30(18-21-32(38)33-22-20-31(27-39(33)47)52-40-16-8-6-13-34(40)36-15-10-24-48-46(36)52)45-50-43(28-11-4-3-5-12-28)49-44(51-45)29-19-23-42-37(25-29)35-14-7-9-17-41(35)53-42/h3-27H,1-2H3. The van der Waals surface area contributed by atoms with Gasteiger partial charge in [0.05, 0.1) is 5.52 Å². The molecule has 0 N–H and O–H groups in total. The summed E-state index contributed by atoms with van der Waals surface area (Å²) in [5.41, 5.74) is 10.9. The normalized spacial score (nSPS) is 13.2. The molecule has 250 valence electrons. The molecule has 0 radical (unpaired) electrons. The molecule has 5 nitrogen and oxygen atoms in total. The van der Waals surface area contributed by atoms with Gasteiger partial charge in [-0.05, 0) is 82.9 Å². The van der Waals surface area contributed by atoms with E-state index >= 15 is 0 Å². The van der Waals surface area contributed by atoms with Crippen molar-refractivity contribution in [3.05, 3.63) is 163 Å². The van der Waals surface area contributed by atoms with E-state index in [0.29, 0.717) is 17.5 Å². The first-order valence-corrected chi connectivity index (χ1v) is 18.7. The van der Waals surface area contributed by atoms with Crippen molar-refractivity contribution in [1.82, 2.24) is 24.5 Å². The van der Waals surface area contributed by atoms with E-state index in [1.165, 1.54) is 47.8 Å². The van der Waals surface area contributed by atoms with E-state index < -0.39 is 0 Å². The summed E-state index contributed by atoms with van der Waals surface area (Å²) >= 11 is 1.81. The maximum Gasteiger partial charge on any atom is 0.164 e. The summed E-state index contributed by atoms with van der Waals surface area (Å²) in [4.78, 5) is 20.2. The second kappa shape index (κ2) is 11.2. The first-order valence-electron chi connectivity index (χ1n) is 17.9. The van der Waals surface area contributed by atoms with E-state index in [2.05, 4.69) is 140 Å². The molecule has 6 heteroatoms. The van der Waals surface area contributed by atoms with E-state index in [0.717, 1.165) is 38.9 Å². The van der Waals surface area contributed by atoms with E-state index in [-0.39, 0.29) is 5.41 Å². The fraction of sp³-hybridized carbons (Fsp3) is 0.0638. The molecule has 0 amide bonds. The minimum Gasteiger partial charge on any atom is -0.294 e. The Hall–Kier alpha value is -6.50. The van der Waals surface area contributed by atoms with Crippen molar-refractivity contribution in [2.45, 2.75) is 19.3 Å². The third-order valence-corrected chi connectivity index (χ3v) is 12.1. The Labute approximate surface area is 309 Å². The summed E-state index contributed by atoms with van der Waals surface area (Å²) in [6.07, 6.45) is 1.88. The van der Waals surface area contributed by atoms with Crippen LogP contribution in [0.1, 0.15) is 25.0 Å². The molecule has 0 saturated heterocycles. The number of pyridine rings is 1. The summed E-state index contributed by atoms with van der Waals surface area (Å²) in [6, 6.07) is 51.7. The van der Waals surface area contributed by atoms with Crippen LogP contribution in [0.4, 0.5) is 0 Å². The van der Waals surface area contributed by atoms with Crippen LogP contribution in [-0.4, -0.2) is 24.5 Å². The molecule has 0 saturated carbocycles. The summed E-state index contributed by atoms with van der Waals surface area (Å²) in [5.74, 6) is 1.99. The zero-order chi connectivity index (χ0) is 35.3. The lowest BCUT2D eigenvalue weighted by Crippen LogP contribution is -2.15. The minimum absolute atomic E-state index is 0.258. The second-order valence-corrected chi connectivity index (χ2v) is 15.4. The molecular formula is C47H31N5S. The number of para-hydroxylation sites is 1. The lowest BCUT2D eigenvalue weighted by atomic mass is 9.82. The quantitative estimate of drug-likeness (QED) is 0.184. The Morgan fingerprint density at radius 2 is 1.11 bits per heavy atom. The molecular weight excluding hydrogens is 667 g/mol. The van der Waals surface area contributed by atoms with Gasteiger partial charge in [-0.1, -0.05) is 98.8 Å². The monoisotopic (exact) mass is 697 g/mol. The summed E-state index contributed by atoms with van der Waals surface area (Å²) in [5, 5.41) is 4.84. The Morgan fingerprint density at radius 1 is 0.491 bits per heavy atom. The van der Waals surface area contributed by atoms with Crippen LogP contribution in [-0.2, 0) is 5.41 Å². The molecule has 53 heavy (non-hydrogen) atoms. The highest BCUT2D eigenvalue weighted by Gasteiger charge is 2.36. The number of nitrogens with zero attached hydrogens (tertiary/aromatic N) is 5. The van der Waals surface area contributed by atoms with Gasteiger partial charge in [-0.3, -0.25) is 4.57 Å². The molecule has 0 fully saturated rings. The summed E-state index contributed by atoms with van der Waals surface area (Å²) < 4.78 is 4.83. The van der Waals surface area contributed by atoms with Gasteiger partial charge < -0.3 is 0 Å². The Bertz CT molecular complexity index is 3050. The van der Waals surface area contributed by atoms with Crippen molar-refractivity contribution in [3.63, 3.8) is 0 Å². The number of hydrogen-bond donors (Lipinski definition) is 0. The van der Waals surface area contributed by atoms with Crippen molar-refractivity contribution < 1.29 is 0 Å². The summed E-state index contributed by atoms with van der Waals surface area (Å²) in [6.45, 7) is 4.65. The molecule has 0 unspecified atom stereocenters. The Balaban J connectivity index is 1.05. The van der Waals surface area contributed by atoms with Gasteiger partial charge in [-0.15, -0.1) is 11.3 Å². The van der Waals surface area contributed by atoms with Crippen molar-refractivity contribution in [2.24, 2.45) is 0 Å². The van der Waals surface area contributed by atoms with E-state index in [1.807, 2.05) is 41.8 Å². The molecule has 1 aliphatic rings. The third kappa shape index (κ3) is 4.55. The van der Waals surface area contributed by atoms with Gasteiger partial charge >= 0.3 is 0 Å². The van der Waals surface area contributed by atoms with Crippen molar-refractivity contribution in [2.75, 3.05) is 0 Å². The smallest absolute Gasteiger partial charge is 0.164 e. The van der Waals surface area contributed by atoms with E-state index in [9.17, 15) is 0 Å². The van der Waals surface area contributed by atoms with Crippen LogP contribution < -0.4 is 0 Å². The van der Waals surface area contributed by atoms with Crippen molar-refractivity contribution in [3.8, 4) is 51.0 Å². The predicted octanol–water partition coefficient (Wildman–Crippen LogP) is 12.0. The van der Waals surface area contributed by atoms with Crippen molar-refractivity contribution >= 4 is 53.4 Å². The molecule has 0 aliphatic heterocycles. The average molecular weight is 698 g/mol. The van der Waals surface area contributed by atoms with Gasteiger partial charge in [0.2, 0.25) is 0 Å². The third-order valence-electron chi connectivity index (χ3n) is 10.9. The lowest BCUT2D eigenvalue weighted by Gasteiger charge is -2.23. The molecule has 4 heterocycles. The highest BCUT2D eigenvalue weighted by Crippen LogP contribution is 2.50. The Morgan fingerprint density at radius 3 is 1.94 bits per heavy atom. The van der Waals surface area contributed by atoms with Crippen LogP contribution in [0, 0.1) is 0 Å². The topological polar surface area (TPSA) is 56.5 Å². The molecule has 11 rings (SSSR count). The van der Waals surface area contributed by atoms with Gasteiger partial charge in [0, 0.05) is 64.9 Å². The van der Waals surface area contributed by atoms with Crippen LogP contribution >= 0.6 is 11.3 Å². The largest absolute Gasteiger partial charge is 0.294 e. The summed E-state index contributed by atoms with van der Waals surface area (Å²) in [7, 11) is 0. The van der Waals surface area contributed by atoms with Crippen LogP contribution in [0.3, 0.4) is 0 Å². The molecule has 10 aromatic rings. The zero-order valence-corrected chi connectivity index (χ0v) is 29.9. The fourth-order valence-electron chi connectivity index (χ4n) is 8.28. The number of aromatic nitrogens is 5. The van der Waals surface area contributed by atoms with Crippen LogP contribution in [0.5, 0.6) is 0 Å². The molecule has 0 spiro atoms. The highest BCUT2D eigenvalue weighted by atomic mass is 32.1. The zero-order valence-electron chi connectivity index (χ0n) is 29.1. The van der Waals surface area contributed by atoms with Crippen LogP contribution in [0.2, 0.25) is 0 Å². The highest BCUT2D eigenvalue weighted by molar-refractivity contribution is 7.25. The second-order valence-electron chi connectivity index (χ2n) is 14.3. The Kier molecular flexibility index (Phi) is 6.40. The van der Waals surface area contributed by atoms with E-state index in [1.54, 1.807) is 0 Å². The molecule has 0 atom stereocenters. The number of benzene rings is 6. The number of rotatable bonds is 4. The van der Waals surface area contributed by atoms with Gasteiger partial charge in [-0.2, -0.15) is 0 Å². The molecule has 4 aromatic heterocycles. The molecule has 0 bridgehead atoms. The maximum absolute atomic E-state index is 5.17. The minimum atomic E-state index is -0.258. The predicted molar refractivity (Wildman–Crippen MR) is 219 cm³/mol. The number of thiophene rings is 1. The number of hydrogen-bond acceptors (Lipinski definition) is 5.